The van der Waals surface area contributed by atoms with Gasteiger partial charge in [0.2, 0.25) is 5.91 Å². The summed E-state index contributed by atoms with van der Waals surface area (Å²) < 4.78 is 34.5. The number of halogens is 2. The number of sulfonamides is 1. The lowest BCUT2D eigenvalue weighted by Crippen LogP contribution is -2.25. The van der Waals surface area contributed by atoms with Crippen LogP contribution in [0.15, 0.2) is 65.6 Å². The highest BCUT2D eigenvalue weighted by atomic mass is 35.5. The SMILES string of the molecule is CNCC(=O)Nc1cc(S(=O)(=O)Nc2nc3ccccc3nc2Nc2cc(OC)ccc2Cl)ccc1Cl. The number of rotatable bonds is 9. The molecular weight excluding hydrogens is 539 g/mol. The predicted molar refractivity (Wildman–Crippen MR) is 146 cm³/mol. The number of carbonyl (C=O) groups excluding carboxylic acids is 1. The molecule has 0 saturated carbocycles. The highest BCUT2D eigenvalue weighted by Crippen LogP contribution is 2.33. The van der Waals surface area contributed by atoms with Crippen molar-refractivity contribution < 1.29 is 17.9 Å². The van der Waals surface area contributed by atoms with Gasteiger partial charge in [0.25, 0.3) is 10.0 Å². The number of carbonyl (C=O) groups is 1. The molecule has 0 radical (unpaired) electrons. The molecule has 0 unspecified atom stereocenters. The first-order valence-electron chi connectivity index (χ1n) is 10.8. The number of nitrogens with zero attached hydrogens (tertiary/aromatic N) is 2. The summed E-state index contributed by atoms with van der Waals surface area (Å²) in [7, 11) is -1.05. The molecule has 0 aliphatic carbocycles. The molecule has 10 nitrogen and oxygen atoms in total. The molecule has 0 saturated heterocycles. The molecular formula is C24H22Cl2N6O4S. The van der Waals surface area contributed by atoms with Crippen LogP contribution in [0.2, 0.25) is 10.0 Å². The van der Waals surface area contributed by atoms with Gasteiger partial charge >= 0.3 is 0 Å². The third kappa shape index (κ3) is 6.20. The van der Waals surface area contributed by atoms with Crippen LogP contribution in [0.25, 0.3) is 11.0 Å². The number of aromatic nitrogens is 2. The van der Waals surface area contributed by atoms with E-state index in [1.807, 2.05) is 0 Å². The average molecular weight is 561 g/mol. The monoisotopic (exact) mass is 560 g/mol. The molecule has 3 aromatic carbocycles. The second-order valence-electron chi connectivity index (χ2n) is 7.71. The van der Waals surface area contributed by atoms with Gasteiger partial charge < -0.3 is 20.7 Å². The maximum absolute atomic E-state index is 13.4. The first-order chi connectivity index (χ1) is 17.7. The number of likely N-dealkylation sites (N-methyl/N-ethyl adjacent to an activating group) is 1. The van der Waals surface area contributed by atoms with Crippen LogP contribution in [-0.2, 0) is 14.8 Å². The summed E-state index contributed by atoms with van der Waals surface area (Å²) in [5.41, 5.74) is 1.59. The van der Waals surface area contributed by atoms with Gasteiger partial charge in [-0.25, -0.2) is 18.4 Å². The van der Waals surface area contributed by atoms with E-state index in [2.05, 4.69) is 30.6 Å². The zero-order valence-electron chi connectivity index (χ0n) is 19.7. The van der Waals surface area contributed by atoms with Gasteiger partial charge in [-0.3, -0.25) is 9.52 Å². The van der Waals surface area contributed by atoms with E-state index in [-0.39, 0.29) is 39.7 Å². The minimum atomic E-state index is -4.18. The fraction of sp³-hybridized carbons (Fsp3) is 0.125. The Morgan fingerprint density at radius 3 is 2.24 bits per heavy atom. The Morgan fingerprint density at radius 2 is 1.57 bits per heavy atom. The average Bonchev–Trinajstić information content (AvgIpc) is 2.87. The Balaban J connectivity index is 1.74. The van der Waals surface area contributed by atoms with Crippen molar-refractivity contribution in [1.29, 1.82) is 0 Å². The fourth-order valence-corrected chi connectivity index (χ4v) is 4.69. The maximum atomic E-state index is 13.4. The van der Waals surface area contributed by atoms with Crippen LogP contribution in [-0.4, -0.2) is 45.0 Å². The van der Waals surface area contributed by atoms with Gasteiger partial charge in [0.05, 0.1) is 51.0 Å². The molecule has 4 N–H and O–H groups in total. The van der Waals surface area contributed by atoms with Gasteiger partial charge in [0.15, 0.2) is 11.6 Å². The Bertz CT molecular complexity index is 1580. The molecule has 1 heterocycles. The third-order valence-electron chi connectivity index (χ3n) is 5.09. The third-order valence-corrected chi connectivity index (χ3v) is 7.08. The highest BCUT2D eigenvalue weighted by Gasteiger charge is 2.21. The van der Waals surface area contributed by atoms with Gasteiger partial charge in [0, 0.05) is 6.07 Å². The Morgan fingerprint density at radius 1 is 0.919 bits per heavy atom. The normalized spacial score (nSPS) is 11.2. The summed E-state index contributed by atoms with van der Waals surface area (Å²) in [6.07, 6.45) is 0. The number of hydrogen-bond donors (Lipinski definition) is 4. The fourth-order valence-electron chi connectivity index (χ4n) is 3.32. The van der Waals surface area contributed by atoms with Gasteiger partial charge in [0.1, 0.15) is 5.75 Å². The summed E-state index contributed by atoms with van der Waals surface area (Å²) in [5.74, 6) is 0.216. The number of hydrogen-bond acceptors (Lipinski definition) is 8. The van der Waals surface area contributed by atoms with Crippen molar-refractivity contribution in [3.8, 4) is 5.75 Å². The zero-order chi connectivity index (χ0) is 26.6. The first kappa shape index (κ1) is 26.4. The molecule has 0 atom stereocenters. The predicted octanol–water partition coefficient (Wildman–Crippen LogP) is 4.65. The molecule has 13 heteroatoms. The van der Waals surface area contributed by atoms with E-state index in [0.29, 0.717) is 27.5 Å². The second-order valence-corrected chi connectivity index (χ2v) is 10.2. The standard InChI is InChI=1S/C24H22Cl2N6O4S/c1-27-13-22(33)28-21-12-15(8-10-17(21)26)37(34,35)32-24-23(29-18-5-3-4-6-19(18)30-24)31-20-11-14(36-2)7-9-16(20)25/h3-12,27H,13H2,1-2H3,(H,28,33)(H,29,31)(H,30,32). The molecule has 37 heavy (non-hydrogen) atoms. The van der Waals surface area contributed by atoms with E-state index in [9.17, 15) is 13.2 Å². The lowest BCUT2D eigenvalue weighted by Gasteiger charge is -2.16. The summed E-state index contributed by atoms with van der Waals surface area (Å²) in [6.45, 7) is 0.0279. The Kier molecular flexibility index (Phi) is 7.98. The summed E-state index contributed by atoms with van der Waals surface area (Å²) in [4.78, 5) is 20.9. The molecule has 1 aromatic heterocycles. The quantitative estimate of drug-likeness (QED) is 0.232. The van der Waals surface area contributed by atoms with Crippen molar-refractivity contribution in [2.75, 3.05) is 36.1 Å². The largest absolute Gasteiger partial charge is 0.497 e. The molecule has 192 valence electrons. The summed E-state index contributed by atoms with van der Waals surface area (Å²) in [6, 6.07) is 16.0. The number of nitrogens with one attached hydrogen (secondary N) is 4. The molecule has 0 spiro atoms. The second kappa shape index (κ2) is 11.2. The molecule has 0 aliphatic heterocycles. The van der Waals surface area contributed by atoms with E-state index < -0.39 is 10.0 Å². The van der Waals surface area contributed by atoms with Gasteiger partial charge in [-0.1, -0.05) is 35.3 Å². The summed E-state index contributed by atoms with van der Waals surface area (Å²) in [5, 5.41) is 8.89. The van der Waals surface area contributed by atoms with Gasteiger partial charge in [-0.05, 0) is 49.5 Å². The van der Waals surface area contributed by atoms with Crippen molar-refractivity contribution in [3.63, 3.8) is 0 Å². The van der Waals surface area contributed by atoms with Crippen LogP contribution < -0.4 is 25.4 Å². The molecule has 0 aliphatic rings. The van der Waals surface area contributed by atoms with Crippen LogP contribution in [0, 0.1) is 0 Å². The van der Waals surface area contributed by atoms with E-state index in [1.165, 1.54) is 25.3 Å². The topological polar surface area (TPSA) is 134 Å². The molecule has 4 rings (SSSR count). The number of benzene rings is 3. The van der Waals surface area contributed by atoms with Crippen molar-refractivity contribution in [2.24, 2.45) is 0 Å². The number of fused-ring (bicyclic) bond motifs is 1. The minimum Gasteiger partial charge on any atom is -0.497 e. The van der Waals surface area contributed by atoms with Crippen LogP contribution in [0.3, 0.4) is 0 Å². The molecule has 1 amide bonds. The summed E-state index contributed by atoms with van der Waals surface area (Å²) >= 11 is 12.5. The minimum absolute atomic E-state index is 0.0279. The van der Waals surface area contributed by atoms with E-state index >= 15 is 0 Å². The lowest BCUT2D eigenvalue weighted by molar-refractivity contribution is -0.115. The number of para-hydroxylation sites is 2. The van der Waals surface area contributed by atoms with E-state index in [1.54, 1.807) is 49.5 Å². The van der Waals surface area contributed by atoms with Crippen molar-refractivity contribution in [3.05, 3.63) is 70.7 Å². The first-order valence-corrected chi connectivity index (χ1v) is 13.1. The van der Waals surface area contributed by atoms with Crippen LogP contribution in [0.5, 0.6) is 5.75 Å². The number of anilines is 4. The number of amides is 1. The molecule has 0 fully saturated rings. The van der Waals surface area contributed by atoms with Crippen LogP contribution in [0.1, 0.15) is 0 Å². The number of ether oxygens (including phenoxy) is 1. The smallest absolute Gasteiger partial charge is 0.263 e. The van der Waals surface area contributed by atoms with Gasteiger partial charge in [-0.15, -0.1) is 0 Å². The van der Waals surface area contributed by atoms with Crippen molar-refractivity contribution in [1.82, 2.24) is 15.3 Å². The Hall–Kier alpha value is -3.64. The molecule has 4 aromatic rings. The zero-order valence-corrected chi connectivity index (χ0v) is 22.0. The van der Waals surface area contributed by atoms with Crippen LogP contribution in [0.4, 0.5) is 23.0 Å². The van der Waals surface area contributed by atoms with E-state index in [4.69, 9.17) is 27.9 Å². The van der Waals surface area contributed by atoms with Gasteiger partial charge in [-0.2, -0.15) is 0 Å². The van der Waals surface area contributed by atoms with E-state index in [0.717, 1.165) is 0 Å². The maximum Gasteiger partial charge on any atom is 0.263 e. The molecule has 0 bridgehead atoms. The highest BCUT2D eigenvalue weighted by molar-refractivity contribution is 7.92. The van der Waals surface area contributed by atoms with Crippen molar-refractivity contribution >= 4 is 73.2 Å². The number of methoxy groups -OCH3 is 1. The van der Waals surface area contributed by atoms with Crippen LogP contribution >= 0.6 is 23.2 Å². The Labute approximate surface area is 223 Å². The lowest BCUT2D eigenvalue weighted by atomic mass is 10.3. The van der Waals surface area contributed by atoms with Crippen molar-refractivity contribution in [2.45, 2.75) is 4.90 Å².